The zero-order chi connectivity index (χ0) is 23.6. The summed E-state index contributed by atoms with van der Waals surface area (Å²) in [5, 5.41) is 7.88. The van der Waals surface area contributed by atoms with Crippen molar-refractivity contribution in [2.75, 3.05) is 17.1 Å². The molecule has 0 atom stereocenters. The second-order valence-electron chi connectivity index (χ2n) is 7.09. The normalized spacial score (nSPS) is 11.2. The van der Waals surface area contributed by atoms with Crippen molar-refractivity contribution in [2.45, 2.75) is 13.8 Å². The summed E-state index contributed by atoms with van der Waals surface area (Å²) in [6, 6.07) is 8.97. The SMILES string of the molecule is C=CS(=O)(=O)Nc1cccc(Oc2c(C)cc(F)cc2C)c1-c1cc(NC)c(=O)n(C)n1. The Morgan fingerprint density at radius 3 is 2.41 bits per heavy atom. The maximum atomic E-state index is 13.8. The maximum Gasteiger partial charge on any atom is 0.289 e. The molecule has 0 unspecified atom stereocenters. The molecule has 8 nitrogen and oxygen atoms in total. The van der Waals surface area contributed by atoms with Crippen molar-refractivity contribution in [2.24, 2.45) is 7.05 Å². The zero-order valence-electron chi connectivity index (χ0n) is 18.1. The molecule has 0 fully saturated rings. The van der Waals surface area contributed by atoms with Crippen LogP contribution < -0.4 is 20.3 Å². The minimum Gasteiger partial charge on any atom is -0.456 e. The molecular weight excluding hydrogens is 435 g/mol. The van der Waals surface area contributed by atoms with Crippen molar-refractivity contribution in [1.29, 1.82) is 0 Å². The highest BCUT2D eigenvalue weighted by Crippen LogP contribution is 2.40. The van der Waals surface area contributed by atoms with Crippen LogP contribution in [0.1, 0.15) is 11.1 Å². The molecule has 1 aromatic heterocycles. The molecule has 0 saturated carbocycles. The van der Waals surface area contributed by atoms with E-state index in [4.69, 9.17) is 4.74 Å². The molecule has 0 aliphatic carbocycles. The van der Waals surface area contributed by atoms with Crippen molar-refractivity contribution >= 4 is 21.4 Å². The van der Waals surface area contributed by atoms with Crippen molar-refractivity contribution < 1.29 is 17.5 Å². The Balaban J connectivity index is 2.29. The molecule has 3 rings (SSSR count). The van der Waals surface area contributed by atoms with Crippen LogP contribution in [0.25, 0.3) is 11.3 Å². The Morgan fingerprint density at radius 2 is 1.81 bits per heavy atom. The highest BCUT2D eigenvalue weighted by atomic mass is 32.2. The van der Waals surface area contributed by atoms with E-state index in [9.17, 15) is 17.6 Å². The summed E-state index contributed by atoms with van der Waals surface area (Å²) in [7, 11) is -0.775. The van der Waals surface area contributed by atoms with Crippen molar-refractivity contribution in [3.8, 4) is 22.8 Å². The molecule has 0 aliphatic heterocycles. The summed E-state index contributed by atoms with van der Waals surface area (Å²) < 4.78 is 47.9. The van der Waals surface area contributed by atoms with Gasteiger partial charge in [0.05, 0.1) is 16.9 Å². The zero-order valence-corrected chi connectivity index (χ0v) is 18.9. The number of rotatable bonds is 7. The Labute approximate surface area is 185 Å². The average Bonchev–Trinajstić information content (AvgIpc) is 2.72. The predicted molar refractivity (Wildman–Crippen MR) is 123 cm³/mol. The third-order valence-electron chi connectivity index (χ3n) is 4.72. The Morgan fingerprint density at radius 1 is 1.16 bits per heavy atom. The Bertz CT molecular complexity index is 1340. The largest absolute Gasteiger partial charge is 0.456 e. The molecule has 0 aliphatic rings. The number of halogens is 1. The predicted octanol–water partition coefficient (Wildman–Crippen LogP) is 3.92. The van der Waals surface area contributed by atoms with E-state index < -0.39 is 15.8 Å². The molecule has 2 aromatic carbocycles. The minimum atomic E-state index is -3.85. The van der Waals surface area contributed by atoms with Gasteiger partial charge < -0.3 is 10.1 Å². The van der Waals surface area contributed by atoms with Crippen LogP contribution in [0.3, 0.4) is 0 Å². The van der Waals surface area contributed by atoms with E-state index >= 15 is 0 Å². The molecular formula is C22H23FN4O4S. The van der Waals surface area contributed by atoms with E-state index in [2.05, 4.69) is 21.7 Å². The van der Waals surface area contributed by atoms with E-state index in [1.54, 1.807) is 39.1 Å². The second-order valence-corrected chi connectivity index (χ2v) is 8.71. The molecule has 0 amide bonds. The maximum absolute atomic E-state index is 13.8. The fraction of sp³-hybridized carbons (Fsp3) is 0.182. The van der Waals surface area contributed by atoms with Crippen LogP contribution in [0.5, 0.6) is 11.5 Å². The van der Waals surface area contributed by atoms with Gasteiger partial charge >= 0.3 is 0 Å². The molecule has 10 heteroatoms. The summed E-state index contributed by atoms with van der Waals surface area (Å²) >= 11 is 0. The van der Waals surface area contributed by atoms with Gasteiger partial charge in [-0.05, 0) is 55.3 Å². The topological polar surface area (TPSA) is 102 Å². The Hall–Kier alpha value is -3.66. The number of ether oxygens (including phenoxy) is 1. The van der Waals surface area contributed by atoms with Gasteiger partial charge in [-0.2, -0.15) is 5.10 Å². The van der Waals surface area contributed by atoms with Gasteiger partial charge in [0.2, 0.25) is 0 Å². The number of benzene rings is 2. The van der Waals surface area contributed by atoms with Crippen LogP contribution in [-0.2, 0) is 17.1 Å². The summed E-state index contributed by atoms with van der Waals surface area (Å²) in [5.41, 5.74) is 1.80. The quantitative estimate of drug-likeness (QED) is 0.556. The smallest absolute Gasteiger partial charge is 0.289 e. The highest BCUT2D eigenvalue weighted by Gasteiger charge is 2.20. The van der Waals surface area contributed by atoms with E-state index in [1.165, 1.54) is 25.2 Å². The fourth-order valence-corrected chi connectivity index (χ4v) is 3.80. The molecule has 168 valence electrons. The first kappa shape index (κ1) is 23.0. The van der Waals surface area contributed by atoms with Crippen LogP contribution >= 0.6 is 0 Å². The van der Waals surface area contributed by atoms with Crippen molar-refractivity contribution in [3.63, 3.8) is 0 Å². The van der Waals surface area contributed by atoms with Gasteiger partial charge in [0.15, 0.2) is 0 Å². The number of hydrogen-bond acceptors (Lipinski definition) is 6. The Kier molecular flexibility index (Phi) is 6.35. The standard InChI is InChI=1S/C22H23FN4O4S/c1-6-32(29,30)26-16-8-7-9-19(31-21-13(2)10-15(23)11-14(21)3)20(16)17-12-18(24-4)22(28)27(5)25-17/h6-12,24,26H,1H2,2-5H3. The lowest BCUT2D eigenvalue weighted by Gasteiger charge is -2.18. The lowest BCUT2D eigenvalue weighted by molar-refractivity contribution is 0.474. The van der Waals surface area contributed by atoms with Gasteiger partial charge in [0, 0.05) is 19.5 Å². The summed E-state index contributed by atoms with van der Waals surface area (Å²) in [6.07, 6.45) is 0. The number of nitrogens with zero attached hydrogens (tertiary/aromatic N) is 2. The monoisotopic (exact) mass is 458 g/mol. The van der Waals surface area contributed by atoms with Crippen molar-refractivity contribution in [1.82, 2.24) is 9.78 Å². The number of aryl methyl sites for hydroxylation is 3. The molecule has 32 heavy (non-hydrogen) atoms. The summed E-state index contributed by atoms with van der Waals surface area (Å²) in [6.45, 7) is 6.73. The summed E-state index contributed by atoms with van der Waals surface area (Å²) in [5.74, 6) is 0.300. The molecule has 3 aromatic rings. The van der Waals surface area contributed by atoms with Crippen LogP contribution in [0.2, 0.25) is 0 Å². The lowest BCUT2D eigenvalue weighted by Crippen LogP contribution is -2.23. The lowest BCUT2D eigenvalue weighted by atomic mass is 10.1. The first-order chi connectivity index (χ1) is 15.1. The van der Waals surface area contributed by atoms with E-state index in [0.29, 0.717) is 22.4 Å². The number of anilines is 2. The molecule has 0 spiro atoms. The molecule has 0 radical (unpaired) electrons. The number of nitrogens with one attached hydrogen (secondary N) is 2. The first-order valence-electron chi connectivity index (χ1n) is 9.55. The first-order valence-corrected chi connectivity index (χ1v) is 11.1. The number of sulfonamides is 1. The number of hydrogen-bond donors (Lipinski definition) is 2. The highest BCUT2D eigenvalue weighted by molar-refractivity contribution is 7.95. The van der Waals surface area contributed by atoms with Gasteiger partial charge in [-0.3, -0.25) is 9.52 Å². The van der Waals surface area contributed by atoms with Crippen LogP contribution in [-0.4, -0.2) is 25.2 Å². The third kappa shape index (κ3) is 4.65. The van der Waals surface area contributed by atoms with Crippen LogP contribution in [0.15, 0.2) is 53.2 Å². The van der Waals surface area contributed by atoms with Crippen LogP contribution in [0.4, 0.5) is 15.8 Å². The average molecular weight is 459 g/mol. The van der Waals surface area contributed by atoms with E-state index in [1.807, 2.05) is 0 Å². The third-order valence-corrected chi connectivity index (χ3v) is 5.67. The van der Waals surface area contributed by atoms with E-state index in [-0.39, 0.29) is 28.4 Å². The van der Waals surface area contributed by atoms with Gasteiger partial charge in [-0.25, -0.2) is 17.5 Å². The van der Waals surface area contributed by atoms with Gasteiger partial charge in [-0.15, -0.1) is 0 Å². The number of aromatic nitrogens is 2. The minimum absolute atomic E-state index is 0.174. The van der Waals surface area contributed by atoms with Gasteiger partial charge in [-0.1, -0.05) is 12.6 Å². The summed E-state index contributed by atoms with van der Waals surface area (Å²) in [4.78, 5) is 12.3. The second kappa shape index (κ2) is 8.83. The van der Waals surface area contributed by atoms with Gasteiger partial charge in [0.1, 0.15) is 23.0 Å². The molecule has 0 bridgehead atoms. The van der Waals surface area contributed by atoms with Crippen molar-refractivity contribution in [3.05, 3.63) is 75.7 Å². The van der Waals surface area contributed by atoms with E-state index in [0.717, 1.165) is 10.1 Å². The molecule has 2 N–H and O–H groups in total. The van der Waals surface area contributed by atoms with Gasteiger partial charge in [0.25, 0.3) is 15.6 Å². The molecule has 1 heterocycles. The fourth-order valence-electron chi connectivity index (χ4n) is 3.24. The molecule has 0 saturated heterocycles. The van der Waals surface area contributed by atoms with Crippen LogP contribution in [0, 0.1) is 19.7 Å².